The number of sulfonamides is 1. The van der Waals surface area contributed by atoms with Crippen molar-refractivity contribution >= 4 is 49.8 Å². The normalized spacial score (nSPS) is 11.3. The first-order valence-corrected chi connectivity index (χ1v) is 12.1. The van der Waals surface area contributed by atoms with Gasteiger partial charge in [-0.1, -0.05) is 47.7 Å². The first kappa shape index (κ1) is 22.2. The fourth-order valence-corrected chi connectivity index (χ4v) is 5.58. The van der Waals surface area contributed by atoms with E-state index < -0.39 is 28.3 Å². The van der Waals surface area contributed by atoms with Crippen molar-refractivity contribution < 1.29 is 17.6 Å². The summed E-state index contributed by atoms with van der Waals surface area (Å²) in [5.74, 6) is -0.277. The van der Waals surface area contributed by atoms with Crippen molar-refractivity contribution in [3.05, 3.63) is 59.9 Å². The van der Waals surface area contributed by atoms with Gasteiger partial charge in [-0.15, -0.1) is 10.2 Å². The minimum absolute atomic E-state index is 0.0303. The second-order valence-electron chi connectivity index (χ2n) is 6.16. The predicted molar refractivity (Wildman–Crippen MR) is 117 cm³/mol. The molecule has 1 heterocycles. The average Bonchev–Trinajstić information content (AvgIpc) is 3.14. The zero-order valence-corrected chi connectivity index (χ0v) is 18.7. The molecule has 0 bridgehead atoms. The molecule has 1 N–H and O–H groups in total. The van der Waals surface area contributed by atoms with Crippen molar-refractivity contribution in [3.63, 3.8) is 0 Å². The van der Waals surface area contributed by atoms with Crippen LogP contribution in [0.2, 0.25) is 0 Å². The van der Waals surface area contributed by atoms with Crippen molar-refractivity contribution in [2.45, 2.75) is 23.1 Å². The molecule has 0 saturated heterocycles. The van der Waals surface area contributed by atoms with E-state index in [1.165, 1.54) is 47.4 Å². The van der Waals surface area contributed by atoms with Gasteiger partial charge in [-0.25, -0.2) is 12.8 Å². The molecule has 3 aromatic rings. The standard InChI is InChI=1S/C19H19FN4O3S3/c1-3-28-19-23-22-18(29-19)21-17(25)12-24(15-8-6-14(20)7-9-15)30(26,27)16-10-4-13(2)5-11-16/h4-11H,3,12H2,1-2H3,(H,21,22,25). The minimum Gasteiger partial charge on any atom is -0.299 e. The van der Waals surface area contributed by atoms with Crippen LogP contribution in [0.4, 0.5) is 15.2 Å². The lowest BCUT2D eigenvalue weighted by molar-refractivity contribution is -0.114. The number of aromatic nitrogens is 2. The number of carbonyl (C=O) groups is 1. The van der Waals surface area contributed by atoms with Gasteiger partial charge in [0.05, 0.1) is 10.6 Å². The summed E-state index contributed by atoms with van der Waals surface area (Å²) in [4.78, 5) is 12.6. The van der Waals surface area contributed by atoms with Crippen LogP contribution < -0.4 is 9.62 Å². The molecule has 0 radical (unpaired) electrons. The van der Waals surface area contributed by atoms with Crippen LogP contribution in [-0.2, 0) is 14.8 Å². The van der Waals surface area contributed by atoms with E-state index in [4.69, 9.17) is 0 Å². The molecule has 0 aliphatic heterocycles. The van der Waals surface area contributed by atoms with Crippen LogP contribution in [-0.4, -0.2) is 36.8 Å². The monoisotopic (exact) mass is 466 g/mol. The summed E-state index contributed by atoms with van der Waals surface area (Å²) < 4.78 is 41.5. The summed E-state index contributed by atoms with van der Waals surface area (Å²) in [5.41, 5.74) is 1.07. The number of nitrogens with one attached hydrogen (secondary N) is 1. The SMILES string of the molecule is CCSc1nnc(NC(=O)CN(c2ccc(F)cc2)S(=O)(=O)c2ccc(C)cc2)s1. The molecule has 0 spiro atoms. The minimum atomic E-state index is -4.06. The molecule has 1 amide bonds. The third-order valence-electron chi connectivity index (χ3n) is 3.93. The molecule has 2 aromatic carbocycles. The summed E-state index contributed by atoms with van der Waals surface area (Å²) in [5, 5.41) is 10.7. The molecule has 0 aliphatic rings. The van der Waals surface area contributed by atoms with Crippen LogP contribution in [0.3, 0.4) is 0 Å². The topological polar surface area (TPSA) is 92.3 Å². The fraction of sp³-hybridized carbons (Fsp3) is 0.211. The number of halogens is 1. The summed E-state index contributed by atoms with van der Waals surface area (Å²) in [6.45, 7) is 3.31. The highest BCUT2D eigenvalue weighted by Crippen LogP contribution is 2.26. The maximum absolute atomic E-state index is 13.4. The highest BCUT2D eigenvalue weighted by Gasteiger charge is 2.27. The summed E-state index contributed by atoms with van der Waals surface area (Å²) >= 11 is 2.70. The van der Waals surface area contributed by atoms with Crippen LogP contribution in [0.1, 0.15) is 12.5 Å². The van der Waals surface area contributed by atoms with Crippen LogP contribution in [0.25, 0.3) is 0 Å². The van der Waals surface area contributed by atoms with Crippen LogP contribution in [0.15, 0.2) is 57.8 Å². The van der Waals surface area contributed by atoms with Crippen LogP contribution in [0, 0.1) is 12.7 Å². The Bertz CT molecular complexity index is 1120. The zero-order valence-electron chi connectivity index (χ0n) is 16.2. The molecule has 158 valence electrons. The van der Waals surface area contributed by atoms with E-state index in [9.17, 15) is 17.6 Å². The third-order valence-corrected chi connectivity index (χ3v) is 7.57. The second-order valence-corrected chi connectivity index (χ2v) is 10.5. The summed E-state index contributed by atoms with van der Waals surface area (Å²) in [6.07, 6.45) is 0. The molecule has 11 heteroatoms. The maximum Gasteiger partial charge on any atom is 0.264 e. The number of hydrogen-bond acceptors (Lipinski definition) is 7. The number of aryl methyl sites for hydroxylation is 1. The van der Waals surface area contributed by atoms with Gasteiger partial charge in [0.2, 0.25) is 11.0 Å². The summed E-state index contributed by atoms with van der Waals surface area (Å²) in [6, 6.07) is 11.2. The number of nitrogens with zero attached hydrogens (tertiary/aromatic N) is 3. The Morgan fingerprint density at radius 3 is 2.43 bits per heavy atom. The molecule has 0 atom stereocenters. The molecule has 3 rings (SSSR count). The van der Waals surface area contributed by atoms with E-state index in [2.05, 4.69) is 15.5 Å². The zero-order chi connectivity index (χ0) is 21.7. The van der Waals surface area contributed by atoms with Gasteiger partial charge in [0.15, 0.2) is 4.34 Å². The smallest absolute Gasteiger partial charge is 0.264 e. The first-order valence-electron chi connectivity index (χ1n) is 8.90. The Labute approximate surface area is 182 Å². The van der Waals surface area contributed by atoms with E-state index in [-0.39, 0.29) is 15.7 Å². The van der Waals surface area contributed by atoms with E-state index >= 15 is 0 Å². The molecule has 0 saturated carbocycles. The van der Waals surface area contributed by atoms with Gasteiger partial charge in [0, 0.05) is 0 Å². The molecular weight excluding hydrogens is 447 g/mol. The molecular formula is C19H19FN4O3S3. The van der Waals surface area contributed by atoms with Gasteiger partial charge in [-0.3, -0.25) is 14.4 Å². The van der Waals surface area contributed by atoms with Crippen LogP contribution >= 0.6 is 23.1 Å². The number of benzene rings is 2. The molecule has 0 unspecified atom stereocenters. The van der Waals surface area contributed by atoms with E-state index in [1.54, 1.807) is 12.1 Å². The summed E-state index contributed by atoms with van der Waals surface area (Å²) in [7, 11) is -4.06. The third kappa shape index (κ3) is 5.35. The number of anilines is 2. The number of thioether (sulfide) groups is 1. The predicted octanol–water partition coefficient (Wildman–Crippen LogP) is 3.93. The number of carbonyl (C=O) groups excluding carboxylic acids is 1. The van der Waals surface area contributed by atoms with Crippen molar-refractivity contribution in [3.8, 4) is 0 Å². The van der Waals surface area contributed by atoms with Gasteiger partial charge in [0.25, 0.3) is 10.0 Å². The van der Waals surface area contributed by atoms with Crippen molar-refractivity contribution in [1.29, 1.82) is 0 Å². The highest BCUT2D eigenvalue weighted by molar-refractivity contribution is 8.01. The lowest BCUT2D eigenvalue weighted by Gasteiger charge is -2.24. The van der Waals surface area contributed by atoms with Gasteiger partial charge < -0.3 is 0 Å². The molecule has 0 aliphatic carbocycles. The Morgan fingerprint density at radius 2 is 1.80 bits per heavy atom. The average molecular weight is 467 g/mol. The Balaban J connectivity index is 1.88. The quantitative estimate of drug-likeness (QED) is 0.399. The Morgan fingerprint density at radius 1 is 1.13 bits per heavy atom. The van der Waals surface area contributed by atoms with Gasteiger partial charge >= 0.3 is 0 Å². The fourth-order valence-electron chi connectivity index (χ4n) is 2.49. The van der Waals surface area contributed by atoms with Crippen LogP contribution in [0.5, 0.6) is 0 Å². The molecule has 30 heavy (non-hydrogen) atoms. The first-order chi connectivity index (χ1) is 14.3. The van der Waals surface area contributed by atoms with Gasteiger partial charge in [-0.2, -0.15) is 0 Å². The highest BCUT2D eigenvalue weighted by atomic mass is 32.2. The van der Waals surface area contributed by atoms with Crippen molar-refractivity contribution in [2.24, 2.45) is 0 Å². The van der Waals surface area contributed by atoms with E-state index in [0.717, 1.165) is 27.8 Å². The second kappa shape index (κ2) is 9.54. The maximum atomic E-state index is 13.4. The number of hydrogen-bond donors (Lipinski definition) is 1. The lowest BCUT2D eigenvalue weighted by atomic mass is 10.2. The van der Waals surface area contributed by atoms with E-state index in [1.807, 2.05) is 13.8 Å². The molecule has 1 aromatic heterocycles. The van der Waals surface area contributed by atoms with Gasteiger partial charge in [-0.05, 0) is 49.1 Å². The largest absolute Gasteiger partial charge is 0.299 e. The van der Waals surface area contributed by atoms with Gasteiger partial charge in [0.1, 0.15) is 12.4 Å². The van der Waals surface area contributed by atoms with Crippen molar-refractivity contribution in [1.82, 2.24) is 10.2 Å². The molecule has 7 nitrogen and oxygen atoms in total. The number of amides is 1. The van der Waals surface area contributed by atoms with Crippen molar-refractivity contribution in [2.75, 3.05) is 21.9 Å². The van der Waals surface area contributed by atoms with E-state index in [0.29, 0.717) is 4.34 Å². The number of rotatable bonds is 8. The molecule has 0 fully saturated rings. The Hall–Kier alpha value is -2.50. The Kier molecular flexibility index (Phi) is 7.06. The lowest BCUT2D eigenvalue weighted by Crippen LogP contribution is -2.38.